The van der Waals surface area contributed by atoms with Gasteiger partial charge in [-0.1, -0.05) is 68.5 Å². The van der Waals surface area contributed by atoms with Crippen molar-refractivity contribution in [3.05, 3.63) is 60.2 Å². The Morgan fingerprint density at radius 3 is 1.63 bits per heavy atom. The van der Waals surface area contributed by atoms with Crippen molar-refractivity contribution in [2.75, 3.05) is 40.6 Å². The van der Waals surface area contributed by atoms with Crippen LogP contribution in [0.15, 0.2) is 54.6 Å². The minimum absolute atomic E-state index is 0.000665. The second-order valence-corrected chi connectivity index (χ2v) is 9.30. The normalized spacial score (nSPS) is 30.9. The first-order valence-corrected chi connectivity index (χ1v) is 11.2. The van der Waals surface area contributed by atoms with E-state index in [0.717, 1.165) is 39.3 Å². The third kappa shape index (κ3) is 3.29. The summed E-state index contributed by atoms with van der Waals surface area (Å²) in [4.78, 5) is 0. The molecule has 3 aliphatic rings. The van der Waals surface area contributed by atoms with Gasteiger partial charge in [-0.3, -0.25) is 0 Å². The summed E-state index contributed by atoms with van der Waals surface area (Å²) in [6.45, 7) is 7.43. The third-order valence-electron chi connectivity index (χ3n) is 7.83. The monoisotopic (exact) mass is 412 g/mol. The van der Waals surface area contributed by atoms with Gasteiger partial charge in [-0.25, -0.2) is 0 Å². The molecule has 1 aliphatic carbocycles. The molecular weight excluding hydrogens is 376 g/mol. The van der Waals surface area contributed by atoms with Crippen molar-refractivity contribution in [3.8, 4) is 0 Å². The second-order valence-electron chi connectivity index (χ2n) is 9.30. The summed E-state index contributed by atoms with van der Waals surface area (Å²) in [6, 6.07) is 10.6. The van der Waals surface area contributed by atoms with Crippen LogP contribution >= 0.6 is 0 Å². The molecule has 1 aromatic rings. The Bertz CT molecular complexity index is 703. The summed E-state index contributed by atoms with van der Waals surface area (Å²) in [5, 5.41) is 0. The van der Waals surface area contributed by atoms with Gasteiger partial charge < -0.3 is 18.9 Å². The van der Waals surface area contributed by atoms with Crippen molar-refractivity contribution >= 4 is 0 Å². The lowest BCUT2D eigenvalue weighted by Gasteiger charge is -2.59. The van der Waals surface area contributed by atoms with Crippen LogP contribution in [0.2, 0.25) is 0 Å². The van der Waals surface area contributed by atoms with Gasteiger partial charge in [-0.05, 0) is 18.4 Å². The van der Waals surface area contributed by atoms with Crippen molar-refractivity contribution in [3.63, 3.8) is 0 Å². The Hall–Kier alpha value is -1.46. The smallest absolute Gasteiger partial charge is 0.0822 e. The Morgan fingerprint density at radius 1 is 0.833 bits per heavy atom. The van der Waals surface area contributed by atoms with E-state index in [1.807, 2.05) is 14.2 Å². The number of rotatable bonds is 9. The Labute approximate surface area is 181 Å². The fourth-order valence-corrected chi connectivity index (χ4v) is 5.82. The zero-order chi connectivity index (χ0) is 21.2. The molecule has 0 saturated carbocycles. The largest absolute Gasteiger partial charge is 0.380 e. The molecule has 2 aliphatic heterocycles. The highest BCUT2D eigenvalue weighted by Crippen LogP contribution is 2.55. The first-order valence-electron chi connectivity index (χ1n) is 11.2. The fourth-order valence-electron chi connectivity index (χ4n) is 5.82. The minimum atomic E-state index is -0.367. The molecule has 2 unspecified atom stereocenters. The molecule has 2 atom stereocenters. The maximum Gasteiger partial charge on any atom is 0.0822 e. The Morgan fingerprint density at radius 2 is 1.30 bits per heavy atom. The molecule has 30 heavy (non-hydrogen) atoms. The molecule has 4 nitrogen and oxygen atoms in total. The number of benzene rings is 1. The highest BCUT2D eigenvalue weighted by atomic mass is 16.5. The topological polar surface area (TPSA) is 36.9 Å². The van der Waals surface area contributed by atoms with Crippen LogP contribution in [0.25, 0.3) is 0 Å². The summed E-state index contributed by atoms with van der Waals surface area (Å²) in [6.07, 6.45) is 11.4. The van der Waals surface area contributed by atoms with Crippen LogP contribution in [0.5, 0.6) is 0 Å². The van der Waals surface area contributed by atoms with Gasteiger partial charge in [-0.2, -0.15) is 0 Å². The third-order valence-corrected chi connectivity index (χ3v) is 7.83. The highest BCUT2D eigenvalue weighted by Gasteiger charge is 2.61. The minimum Gasteiger partial charge on any atom is -0.380 e. The number of methoxy groups -OCH3 is 2. The summed E-state index contributed by atoms with van der Waals surface area (Å²) in [5.41, 5.74) is 0.934. The number of ether oxygens (including phenoxy) is 4. The van der Waals surface area contributed by atoms with E-state index in [2.05, 4.69) is 68.5 Å². The van der Waals surface area contributed by atoms with E-state index < -0.39 is 0 Å². The Kier molecular flexibility index (Phi) is 6.23. The average molecular weight is 413 g/mol. The molecule has 0 aromatic heterocycles. The molecule has 0 radical (unpaired) electrons. The molecule has 0 bridgehead atoms. The maximum atomic E-state index is 6.32. The zero-order valence-electron chi connectivity index (χ0n) is 18.8. The van der Waals surface area contributed by atoms with Gasteiger partial charge in [0.2, 0.25) is 0 Å². The molecule has 164 valence electrons. The van der Waals surface area contributed by atoms with Crippen molar-refractivity contribution in [1.82, 2.24) is 0 Å². The van der Waals surface area contributed by atoms with E-state index in [4.69, 9.17) is 18.9 Å². The molecule has 0 amide bonds. The summed E-state index contributed by atoms with van der Waals surface area (Å²) in [7, 11) is 3.69. The lowest BCUT2D eigenvalue weighted by molar-refractivity contribution is -0.253. The van der Waals surface area contributed by atoms with Crippen LogP contribution in [-0.4, -0.2) is 52.9 Å². The summed E-state index contributed by atoms with van der Waals surface area (Å²) < 4.78 is 24.1. The van der Waals surface area contributed by atoms with Gasteiger partial charge in [0, 0.05) is 31.0 Å². The van der Waals surface area contributed by atoms with E-state index in [1.54, 1.807) is 0 Å². The summed E-state index contributed by atoms with van der Waals surface area (Å²) in [5.74, 6) is 0.264. The molecular formula is C26H36O4. The maximum absolute atomic E-state index is 6.32. The number of hydrogen-bond donors (Lipinski definition) is 0. The quantitative estimate of drug-likeness (QED) is 0.548. The molecule has 4 heteroatoms. The van der Waals surface area contributed by atoms with Gasteiger partial charge >= 0.3 is 0 Å². The van der Waals surface area contributed by atoms with Gasteiger partial charge in [0.1, 0.15) is 0 Å². The predicted molar refractivity (Wildman–Crippen MR) is 119 cm³/mol. The molecule has 2 saturated heterocycles. The molecule has 0 N–H and O–H groups in total. The van der Waals surface area contributed by atoms with Crippen LogP contribution in [-0.2, 0) is 18.9 Å². The SMILES string of the molecule is CCC1(C(OC)C2(C(OC)C3(CC)COC3)C=CC(c3ccccc3)C=C2)COC1. The van der Waals surface area contributed by atoms with E-state index in [9.17, 15) is 0 Å². The lowest BCUT2D eigenvalue weighted by Crippen LogP contribution is -2.66. The van der Waals surface area contributed by atoms with Gasteiger partial charge in [0.05, 0.1) is 44.1 Å². The van der Waals surface area contributed by atoms with Crippen molar-refractivity contribution in [2.24, 2.45) is 16.2 Å². The van der Waals surface area contributed by atoms with Crippen LogP contribution in [0.4, 0.5) is 0 Å². The molecule has 2 fully saturated rings. The van der Waals surface area contributed by atoms with E-state index in [1.165, 1.54) is 5.56 Å². The highest BCUT2D eigenvalue weighted by molar-refractivity contribution is 5.37. The van der Waals surface area contributed by atoms with Crippen molar-refractivity contribution in [2.45, 2.75) is 44.8 Å². The van der Waals surface area contributed by atoms with Gasteiger partial charge in [-0.15, -0.1) is 0 Å². The van der Waals surface area contributed by atoms with Crippen LogP contribution in [0.1, 0.15) is 38.2 Å². The van der Waals surface area contributed by atoms with Crippen molar-refractivity contribution in [1.29, 1.82) is 0 Å². The molecule has 0 spiro atoms. The number of allylic oxidation sites excluding steroid dienone is 2. The van der Waals surface area contributed by atoms with Crippen LogP contribution in [0, 0.1) is 16.2 Å². The van der Waals surface area contributed by atoms with Crippen molar-refractivity contribution < 1.29 is 18.9 Å². The molecule has 1 aromatic carbocycles. The first kappa shape index (κ1) is 21.8. The fraction of sp³-hybridized carbons (Fsp3) is 0.615. The standard InChI is InChI=1S/C26H36O4/c1-5-24(16-29-17-24)22(27-3)26(23(28-4)25(6-2)18-30-19-25)14-12-21(13-15-26)20-10-8-7-9-11-20/h7-15,21-23H,5-6,16-19H2,1-4H3. The van der Waals surface area contributed by atoms with Crippen LogP contribution in [0.3, 0.4) is 0 Å². The van der Waals surface area contributed by atoms with E-state index in [0.29, 0.717) is 0 Å². The second kappa shape index (κ2) is 8.58. The van der Waals surface area contributed by atoms with Gasteiger partial charge in [0.15, 0.2) is 0 Å². The zero-order valence-corrected chi connectivity index (χ0v) is 18.8. The predicted octanol–water partition coefficient (Wildman–Crippen LogP) is 4.77. The number of hydrogen-bond acceptors (Lipinski definition) is 4. The van der Waals surface area contributed by atoms with Gasteiger partial charge in [0.25, 0.3) is 0 Å². The summed E-state index contributed by atoms with van der Waals surface area (Å²) >= 11 is 0. The van der Waals surface area contributed by atoms with Crippen LogP contribution < -0.4 is 0 Å². The first-order chi connectivity index (χ1) is 14.6. The van der Waals surface area contributed by atoms with E-state index in [-0.39, 0.29) is 34.4 Å². The van der Waals surface area contributed by atoms with E-state index >= 15 is 0 Å². The molecule has 4 rings (SSSR count). The lowest BCUT2D eigenvalue weighted by atomic mass is 9.56. The Balaban J connectivity index is 1.77. The molecule has 2 heterocycles. The average Bonchev–Trinajstić information content (AvgIpc) is 2.74.